The highest BCUT2D eigenvalue weighted by atomic mass is 16.6. The van der Waals surface area contributed by atoms with Crippen LogP contribution in [0.1, 0.15) is 78.9 Å². The van der Waals surface area contributed by atoms with Crippen molar-refractivity contribution >= 4 is 23.3 Å². The molecule has 2 unspecified atom stereocenters. The quantitative estimate of drug-likeness (QED) is 0.267. The first-order valence-corrected chi connectivity index (χ1v) is 13.8. The molecule has 2 aliphatic heterocycles. The molecule has 1 aliphatic carbocycles. The van der Waals surface area contributed by atoms with Crippen LogP contribution in [0.4, 0.5) is 5.69 Å². The number of nitrogens with one attached hydrogen (secondary N) is 3. The number of ketones is 1. The molecule has 1 saturated heterocycles. The number of piperazine rings is 1. The molecule has 0 radical (unpaired) electrons. The molecule has 3 aliphatic rings. The fourth-order valence-electron chi connectivity index (χ4n) is 6.26. The van der Waals surface area contributed by atoms with Crippen molar-refractivity contribution in [3.05, 3.63) is 91.3 Å². The molecule has 42 heavy (non-hydrogen) atoms. The fourth-order valence-corrected chi connectivity index (χ4v) is 6.26. The van der Waals surface area contributed by atoms with Crippen molar-refractivity contribution in [3.63, 3.8) is 0 Å². The van der Waals surface area contributed by atoms with Gasteiger partial charge >= 0.3 is 0 Å². The van der Waals surface area contributed by atoms with Crippen LogP contribution in [0.5, 0.6) is 5.75 Å². The zero-order chi connectivity index (χ0) is 30.1. The number of amides is 2. The largest absolute Gasteiger partial charge is 0.454 e. The lowest BCUT2D eigenvalue weighted by atomic mass is 9.82. The fraction of sp³-hybridized carbons (Fsp3) is 0.367. The van der Waals surface area contributed by atoms with Gasteiger partial charge in [0.05, 0.1) is 4.92 Å². The van der Waals surface area contributed by atoms with Gasteiger partial charge in [0, 0.05) is 43.4 Å². The second kappa shape index (κ2) is 9.50. The second-order valence-electron chi connectivity index (χ2n) is 11.3. The number of aromatic nitrogens is 1. The number of Topliss-reactive ketones (excluding diaryl/α,β-unsaturated/α-hetero) is 1. The Bertz CT molecular complexity index is 1690. The van der Waals surface area contributed by atoms with Crippen LogP contribution < -0.4 is 15.4 Å². The van der Waals surface area contributed by atoms with Crippen molar-refractivity contribution in [1.82, 2.24) is 20.5 Å². The standard InChI is InChI=1S/C30H31N5O7/c1-15(2)18-8-9-20-22(14-18)42-30(39)23-19(6-5-7-21(23)35(40)41)26(36)29(20,30)33-27(37)24-16(3)17(4)25(32-24)28(38)34-12-10-31-11-13-34/h5-9,14-15,31-32,39H,10-13H2,1-4H3,(H,33,37). The molecule has 6 rings (SSSR count). The molecule has 1 fully saturated rings. The van der Waals surface area contributed by atoms with E-state index in [4.69, 9.17) is 4.74 Å². The summed E-state index contributed by atoms with van der Waals surface area (Å²) in [6, 6.07) is 8.94. The molecule has 3 heterocycles. The number of nitrogens with zero attached hydrogens (tertiary/aromatic N) is 2. The number of nitro benzene ring substituents is 1. The minimum absolute atomic E-state index is 0.0354. The van der Waals surface area contributed by atoms with E-state index in [0.29, 0.717) is 37.3 Å². The normalized spacial score (nSPS) is 22.4. The van der Waals surface area contributed by atoms with Crippen LogP contribution in [-0.4, -0.2) is 63.7 Å². The molecular weight excluding hydrogens is 542 g/mol. The van der Waals surface area contributed by atoms with Crippen LogP contribution in [0.2, 0.25) is 0 Å². The summed E-state index contributed by atoms with van der Waals surface area (Å²) in [6.45, 7) is 9.70. The Hall–Kier alpha value is -4.55. The van der Waals surface area contributed by atoms with Gasteiger partial charge in [-0.05, 0) is 42.5 Å². The number of H-pyrrole nitrogens is 1. The Kier molecular flexibility index (Phi) is 6.24. The van der Waals surface area contributed by atoms with E-state index < -0.39 is 33.6 Å². The number of fused-ring (bicyclic) bond motifs is 5. The van der Waals surface area contributed by atoms with Crippen LogP contribution in [-0.2, 0) is 11.3 Å². The van der Waals surface area contributed by atoms with E-state index in [0.717, 1.165) is 5.56 Å². The molecule has 12 nitrogen and oxygen atoms in total. The lowest BCUT2D eigenvalue weighted by Gasteiger charge is -2.34. The minimum atomic E-state index is -2.61. The van der Waals surface area contributed by atoms with E-state index in [1.165, 1.54) is 18.2 Å². The van der Waals surface area contributed by atoms with E-state index in [1.54, 1.807) is 36.9 Å². The third kappa shape index (κ3) is 3.64. The molecule has 2 aromatic carbocycles. The third-order valence-corrected chi connectivity index (χ3v) is 8.71. The molecule has 1 aromatic heterocycles. The Labute approximate surface area is 241 Å². The first-order chi connectivity index (χ1) is 19.9. The SMILES string of the molecule is Cc1c(C(=O)NC23C(=O)c4cccc([N+](=O)[O-])c4C2(O)Oc2cc(C(C)C)ccc23)[nH]c(C(=O)N2CCNCC2)c1C. The number of carbonyl (C=O) groups excluding carboxylic acids is 3. The summed E-state index contributed by atoms with van der Waals surface area (Å²) < 4.78 is 6.05. The van der Waals surface area contributed by atoms with E-state index in [-0.39, 0.29) is 45.7 Å². The molecule has 2 amide bonds. The molecule has 2 atom stereocenters. The van der Waals surface area contributed by atoms with Gasteiger partial charge in [-0.3, -0.25) is 24.5 Å². The molecule has 0 spiro atoms. The summed E-state index contributed by atoms with van der Waals surface area (Å²) in [7, 11) is 0. The van der Waals surface area contributed by atoms with Crippen molar-refractivity contribution in [2.45, 2.75) is 44.9 Å². The molecule has 218 valence electrons. The Morgan fingerprint density at radius 2 is 1.81 bits per heavy atom. The third-order valence-electron chi connectivity index (χ3n) is 8.71. The van der Waals surface area contributed by atoms with Crippen molar-refractivity contribution in [2.24, 2.45) is 0 Å². The number of carbonyl (C=O) groups is 3. The topological polar surface area (TPSA) is 167 Å². The first-order valence-electron chi connectivity index (χ1n) is 13.8. The van der Waals surface area contributed by atoms with E-state index >= 15 is 0 Å². The molecule has 0 saturated carbocycles. The van der Waals surface area contributed by atoms with Crippen LogP contribution in [0.3, 0.4) is 0 Å². The average Bonchev–Trinajstić information content (AvgIpc) is 3.48. The van der Waals surface area contributed by atoms with Crippen LogP contribution in [0.15, 0.2) is 36.4 Å². The van der Waals surface area contributed by atoms with Gasteiger partial charge in [0.1, 0.15) is 22.7 Å². The highest BCUT2D eigenvalue weighted by Gasteiger charge is 2.73. The van der Waals surface area contributed by atoms with Gasteiger partial charge in [0.2, 0.25) is 11.3 Å². The van der Waals surface area contributed by atoms with Gasteiger partial charge in [-0.15, -0.1) is 0 Å². The van der Waals surface area contributed by atoms with Crippen LogP contribution in [0.25, 0.3) is 0 Å². The van der Waals surface area contributed by atoms with Gasteiger partial charge < -0.3 is 30.4 Å². The Morgan fingerprint density at radius 1 is 1.12 bits per heavy atom. The zero-order valence-electron chi connectivity index (χ0n) is 23.7. The van der Waals surface area contributed by atoms with E-state index in [9.17, 15) is 29.6 Å². The van der Waals surface area contributed by atoms with Gasteiger partial charge in [-0.2, -0.15) is 0 Å². The second-order valence-corrected chi connectivity index (χ2v) is 11.3. The lowest BCUT2D eigenvalue weighted by Crippen LogP contribution is -2.60. The van der Waals surface area contributed by atoms with Gasteiger partial charge in [-0.25, -0.2) is 0 Å². The van der Waals surface area contributed by atoms with Crippen molar-refractivity contribution in [1.29, 1.82) is 0 Å². The monoisotopic (exact) mass is 573 g/mol. The van der Waals surface area contributed by atoms with Crippen LogP contribution >= 0.6 is 0 Å². The first kappa shape index (κ1) is 27.6. The number of hydrogen-bond donors (Lipinski definition) is 4. The van der Waals surface area contributed by atoms with E-state index in [1.807, 2.05) is 13.8 Å². The maximum Gasteiger partial charge on any atom is 0.280 e. The number of aromatic amines is 1. The van der Waals surface area contributed by atoms with Gasteiger partial charge in [0.25, 0.3) is 23.3 Å². The smallest absolute Gasteiger partial charge is 0.280 e. The maximum absolute atomic E-state index is 14.2. The predicted octanol–water partition coefficient (Wildman–Crippen LogP) is 2.77. The van der Waals surface area contributed by atoms with Crippen molar-refractivity contribution < 1.29 is 29.2 Å². The number of hydrogen-bond acceptors (Lipinski definition) is 8. The molecule has 4 N–H and O–H groups in total. The number of rotatable bonds is 5. The van der Waals surface area contributed by atoms with Crippen LogP contribution in [0, 0.1) is 24.0 Å². The molecule has 12 heteroatoms. The minimum Gasteiger partial charge on any atom is -0.454 e. The van der Waals surface area contributed by atoms with Crippen molar-refractivity contribution in [2.75, 3.05) is 26.2 Å². The summed E-state index contributed by atoms with van der Waals surface area (Å²) in [5, 5.41) is 30.2. The highest BCUT2D eigenvalue weighted by Crippen LogP contribution is 2.60. The number of aliphatic hydroxyl groups is 1. The molecule has 3 aromatic rings. The summed E-state index contributed by atoms with van der Waals surface area (Å²) >= 11 is 0. The summed E-state index contributed by atoms with van der Waals surface area (Å²) in [4.78, 5) is 57.6. The lowest BCUT2D eigenvalue weighted by molar-refractivity contribution is -0.388. The van der Waals surface area contributed by atoms with Crippen molar-refractivity contribution in [3.8, 4) is 5.75 Å². The number of nitro groups is 1. The van der Waals surface area contributed by atoms with Gasteiger partial charge in [-0.1, -0.05) is 38.1 Å². The summed E-state index contributed by atoms with van der Waals surface area (Å²) in [5.41, 5.74) is -0.786. The van der Waals surface area contributed by atoms with Gasteiger partial charge in [0.15, 0.2) is 0 Å². The van der Waals surface area contributed by atoms with E-state index in [2.05, 4.69) is 15.6 Å². The maximum atomic E-state index is 14.2. The zero-order valence-corrected chi connectivity index (χ0v) is 23.7. The predicted molar refractivity (Wildman–Crippen MR) is 151 cm³/mol. The number of ether oxygens (including phenoxy) is 1. The molecule has 0 bridgehead atoms. The molecular formula is C30H31N5O7. The summed E-state index contributed by atoms with van der Waals surface area (Å²) in [5.74, 6) is -4.16. The summed E-state index contributed by atoms with van der Waals surface area (Å²) in [6.07, 6.45) is 0. The number of benzene rings is 2. The Morgan fingerprint density at radius 3 is 2.48 bits per heavy atom. The average molecular weight is 574 g/mol. The Balaban J connectivity index is 1.48. The highest BCUT2D eigenvalue weighted by molar-refractivity contribution is 6.14.